The van der Waals surface area contributed by atoms with Gasteiger partial charge in [-0.3, -0.25) is 0 Å². The van der Waals surface area contributed by atoms with Crippen LogP contribution in [0.5, 0.6) is 0 Å². The molecule has 1 unspecified atom stereocenters. The smallest absolute Gasteiger partial charge is 0.152 e. The highest BCUT2D eigenvalue weighted by atomic mass is 29.2. The van der Waals surface area contributed by atoms with Crippen molar-refractivity contribution in [1.82, 2.24) is 0 Å². The molecule has 136 valence electrons. The highest BCUT2D eigenvalue weighted by molar-refractivity contribution is 7.17. The number of hydrogen-bond donors (Lipinski definition) is 0. The maximum atomic E-state index is 5.99. The summed E-state index contributed by atoms with van der Waals surface area (Å²) in [5, 5.41) is 12.6. The molecule has 1 fully saturated rings. The molecule has 3 heteroatoms. The Labute approximate surface area is 168 Å². The average Bonchev–Trinajstić information content (AvgIpc) is 2.76. The molecule has 0 aromatic heterocycles. The van der Waals surface area contributed by atoms with E-state index in [1.54, 1.807) is 5.19 Å². The van der Waals surface area contributed by atoms with Crippen molar-refractivity contribution >= 4 is 65.9 Å². The van der Waals surface area contributed by atoms with Gasteiger partial charge in [0.1, 0.15) is 0 Å². The topological polar surface area (TPSA) is 9.23 Å². The molecular formula is C25H22OSi2. The molecule has 1 aliphatic heterocycles. The largest absolute Gasteiger partial charge is 0.427 e. The fourth-order valence-corrected chi connectivity index (χ4v) is 12.3. The maximum Gasteiger partial charge on any atom is 0.152 e. The maximum absolute atomic E-state index is 5.99. The van der Waals surface area contributed by atoms with Crippen LogP contribution < -0.4 is 5.19 Å². The zero-order valence-corrected chi connectivity index (χ0v) is 18.4. The molecule has 1 saturated heterocycles. The van der Waals surface area contributed by atoms with Crippen molar-refractivity contribution in [3.63, 3.8) is 0 Å². The molecule has 1 nitrogen and oxygen atoms in total. The third-order valence-corrected chi connectivity index (χ3v) is 14.2. The highest BCUT2D eigenvalue weighted by Crippen LogP contribution is 2.32. The Morgan fingerprint density at radius 3 is 2.11 bits per heavy atom. The van der Waals surface area contributed by atoms with E-state index < -0.39 is 8.31 Å². The minimum absolute atomic E-state index is 0.346. The van der Waals surface area contributed by atoms with Crippen LogP contribution in [0.1, 0.15) is 6.42 Å². The lowest BCUT2D eigenvalue weighted by Gasteiger charge is -2.22. The van der Waals surface area contributed by atoms with Crippen LogP contribution in [0.15, 0.2) is 78.9 Å². The van der Waals surface area contributed by atoms with Crippen LogP contribution >= 0.6 is 0 Å². The van der Waals surface area contributed by atoms with Gasteiger partial charge in [-0.05, 0) is 73.8 Å². The van der Waals surface area contributed by atoms with Gasteiger partial charge in [-0.2, -0.15) is 0 Å². The first kappa shape index (κ1) is 16.5. The van der Waals surface area contributed by atoms with Crippen molar-refractivity contribution in [3.8, 4) is 0 Å². The van der Waals surface area contributed by atoms with Gasteiger partial charge in [0.2, 0.25) is 0 Å². The Hall–Kier alpha value is -2.47. The Morgan fingerprint density at radius 2 is 1.32 bits per heavy atom. The van der Waals surface area contributed by atoms with E-state index in [4.69, 9.17) is 4.43 Å². The van der Waals surface area contributed by atoms with Crippen molar-refractivity contribution in [2.75, 3.05) is 6.61 Å². The second-order valence-corrected chi connectivity index (χ2v) is 15.3. The minimum atomic E-state index is -0.901. The Kier molecular flexibility index (Phi) is 3.86. The average molecular weight is 395 g/mol. The molecule has 6 rings (SSSR count). The SMILES string of the molecule is c1ccc2cc3c(ccc4cc5cccc([SiH]6CCCO[SiH2]6)c5cc43)cc2c1. The lowest BCUT2D eigenvalue weighted by molar-refractivity contribution is 0.336. The van der Waals surface area contributed by atoms with Crippen molar-refractivity contribution in [1.29, 1.82) is 0 Å². The van der Waals surface area contributed by atoms with E-state index in [0.717, 1.165) is 6.61 Å². The van der Waals surface area contributed by atoms with Crippen LogP contribution in [0, 0.1) is 0 Å². The molecule has 0 radical (unpaired) electrons. The quantitative estimate of drug-likeness (QED) is 0.227. The van der Waals surface area contributed by atoms with E-state index in [0.29, 0.717) is 0 Å². The third kappa shape index (κ3) is 2.62. The van der Waals surface area contributed by atoms with Gasteiger partial charge in [-0.15, -0.1) is 0 Å². The molecule has 1 atom stereocenters. The molecule has 0 amide bonds. The van der Waals surface area contributed by atoms with Crippen LogP contribution in [0.3, 0.4) is 0 Å². The van der Waals surface area contributed by atoms with Crippen molar-refractivity contribution in [2.45, 2.75) is 12.5 Å². The summed E-state index contributed by atoms with van der Waals surface area (Å²) in [5.41, 5.74) is 0. The fraction of sp³-hybridized carbons (Fsp3) is 0.120. The van der Waals surface area contributed by atoms with Gasteiger partial charge < -0.3 is 4.43 Å². The Balaban J connectivity index is 1.67. The molecule has 0 N–H and O–H groups in total. The number of fused-ring (bicyclic) bond motifs is 5. The summed E-state index contributed by atoms with van der Waals surface area (Å²) in [6, 6.07) is 31.2. The summed E-state index contributed by atoms with van der Waals surface area (Å²) >= 11 is 0. The van der Waals surface area contributed by atoms with Crippen LogP contribution in [-0.2, 0) is 4.43 Å². The van der Waals surface area contributed by atoms with Crippen molar-refractivity contribution in [3.05, 3.63) is 78.9 Å². The summed E-state index contributed by atoms with van der Waals surface area (Å²) < 4.78 is 5.99. The number of rotatable bonds is 1. The molecule has 1 aliphatic rings. The fourth-order valence-electron chi connectivity index (χ4n) is 4.89. The van der Waals surface area contributed by atoms with E-state index in [1.807, 2.05) is 0 Å². The minimum Gasteiger partial charge on any atom is -0.427 e. The predicted octanol–water partition coefficient (Wildman–Crippen LogP) is 4.73. The lowest BCUT2D eigenvalue weighted by atomic mass is 9.96. The van der Waals surface area contributed by atoms with Gasteiger partial charge in [0.25, 0.3) is 0 Å². The number of hydrogen-bond acceptors (Lipinski definition) is 1. The van der Waals surface area contributed by atoms with E-state index in [2.05, 4.69) is 78.9 Å². The first-order valence-corrected chi connectivity index (χ1v) is 15.5. The molecule has 0 saturated carbocycles. The van der Waals surface area contributed by atoms with Gasteiger partial charge in [0.05, 0.1) is 8.31 Å². The molecule has 28 heavy (non-hydrogen) atoms. The summed E-state index contributed by atoms with van der Waals surface area (Å²) in [5.74, 6) is 0. The molecule has 0 spiro atoms. The lowest BCUT2D eigenvalue weighted by Crippen LogP contribution is -2.41. The summed E-state index contributed by atoms with van der Waals surface area (Å²) in [7, 11) is -1.25. The van der Waals surface area contributed by atoms with Gasteiger partial charge >= 0.3 is 0 Å². The van der Waals surface area contributed by atoms with E-state index in [-0.39, 0.29) is 9.28 Å². The first-order chi connectivity index (χ1) is 13.9. The van der Waals surface area contributed by atoms with E-state index in [1.165, 1.54) is 55.6 Å². The normalized spacial score (nSPS) is 18.5. The summed E-state index contributed by atoms with van der Waals surface area (Å²) in [6.45, 7) is 1.00. The highest BCUT2D eigenvalue weighted by Gasteiger charge is 2.21. The molecule has 5 aromatic rings. The molecule has 0 bridgehead atoms. The zero-order chi connectivity index (χ0) is 18.5. The van der Waals surface area contributed by atoms with E-state index in [9.17, 15) is 0 Å². The van der Waals surface area contributed by atoms with Crippen LogP contribution in [0.25, 0.3) is 43.1 Å². The third-order valence-electron chi connectivity index (χ3n) is 6.33. The second-order valence-electron chi connectivity index (χ2n) is 8.04. The molecule has 1 heterocycles. The van der Waals surface area contributed by atoms with Crippen molar-refractivity contribution in [2.24, 2.45) is 0 Å². The van der Waals surface area contributed by atoms with Gasteiger partial charge in [-0.1, -0.05) is 65.8 Å². The summed E-state index contributed by atoms with van der Waals surface area (Å²) in [6.07, 6.45) is 1.25. The van der Waals surface area contributed by atoms with E-state index >= 15 is 0 Å². The number of benzene rings is 5. The standard InChI is InChI=1S/C25H22OSi2/c1-2-6-18-15-22-20(13-17(18)5-1)9-10-21-14-19-7-3-8-25(24(19)16-23(21)22)28-12-4-11-26-27-28/h1-3,5-10,13-16,28H,4,11-12,27H2. The molecule has 5 aromatic carbocycles. The van der Waals surface area contributed by atoms with Crippen LogP contribution in [0.2, 0.25) is 6.04 Å². The zero-order valence-electron chi connectivity index (χ0n) is 15.8. The first-order valence-electron chi connectivity index (χ1n) is 10.2. The Bertz CT molecular complexity index is 1350. The monoisotopic (exact) mass is 394 g/mol. The van der Waals surface area contributed by atoms with Gasteiger partial charge in [-0.25, -0.2) is 0 Å². The van der Waals surface area contributed by atoms with Gasteiger partial charge in [0, 0.05) is 6.61 Å². The predicted molar refractivity (Wildman–Crippen MR) is 127 cm³/mol. The second kappa shape index (κ2) is 6.55. The molecule has 0 aliphatic carbocycles. The van der Waals surface area contributed by atoms with Crippen LogP contribution in [0.4, 0.5) is 0 Å². The van der Waals surface area contributed by atoms with Crippen molar-refractivity contribution < 1.29 is 4.43 Å². The van der Waals surface area contributed by atoms with Crippen LogP contribution in [-0.4, -0.2) is 24.2 Å². The Morgan fingerprint density at radius 1 is 0.643 bits per heavy atom. The molecular weight excluding hydrogens is 372 g/mol. The van der Waals surface area contributed by atoms with Gasteiger partial charge in [0.15, 0.2) is 9.28 Å². The summed E-state index contributed by atoms with van der Waals surface area (Å²) in [4.78, 5) is 0.